The van der Waals surface area contributed by atoms with Crippen molar-refractivity contribution in [1.82, 2.24) is 4.98 Å². The minimum absolute atomic E-state index is 0.0608. The van der Waals surface area contributed by atoms with Crippen molar-refractivity contribution in [3.63, 3.8) is 0 Å². The van der Waals surface area contributed by atoms with Crippen LogP contribution in [0.1, 0.15) is 34.6 Å². The Hall–Kier alpha value is -3.01. The fourth-order valence-corrected chi connectivity index (χ4v) is 6.00. The van der Waals surface area contributed by atoms with E-state index in [1.807, 2.05) is 25.1 Å². The van der Waals surface area contributed by atoms with Gasteiger partial charge >= 0.3 is 0 Å². The van der Waals surface area contributed by atoms with Gasteiger partial charge in [-0.3, -0.25) is 0 Å². The molecule has 1 heterocycles. The van der Waals surface area contributed by atoms with Crippen molar-refractivity contribution in [3.05, 3.63) is 76.7 Å². The molecule has 5 rings (SSSR count). The quantitative estimate of drug-likeness (QED) is 0.305. The molecule has 3 atom stereocenters. The van der Waals surface area contributed by atoms with Gasteiger partial charge in [0.25, 0.3) is 0 Å². The Kier molecular flexibility index (Phi) is 6.95. The van der Waals surface area contributed by atoms with E-state index >= 15 is 0 Å². The van der Waals surface area contributed by atoms with Crippen LogP contribution in [0.25, 0.3) is 11.1 Å². The molecule has 0 spiro atoms. The summed E-state index contributed by atoms with van der Waals surface area (Å²) in [5, 5.41) is 19.0. The molecule has 196 valence electrons. The molecule has 9 heteroatoms. The number of pyridine rings is 1. The maximum atomic E-state index is 14.6. The van der Waals surface area contributed by atoms with Crippen LogP contribution in [0.3, 0.4) is 0 Å². The largest absolute Gasteiger partial charge is 0.489 e. The fourth-order valence-electron chi connectivity index (χ4n) is 5.36. The van der Waals surface area contributed by atoms with Crippen molar-refractivity contribution in [3.8, 4) is 22.8 Å². The summed E-state index contributed by atoms with van der Waals surface area (Å²) in [6, 6.07) is 12.4. The van der Waals surface area contributed by atoms with E-state index in [-0.39, 0.29) is 42.5 Å². The number of rotatable bonds is 10. The van der Waals surface area contributed by atoms with E-state index in [9.17, 15) is 23.0 Å². The number of halogens is 1. The number of hydrogen-bond donors (Lipinski definition) is 2. The monoisotopic (exact) mass is 527 g/mol. The molecule has 3 aromatic rings. The van der Waals surface area contributed by atoms with Gasteiger partial charge in [-0.2, -0.15) is 0 Å². The van der Waals surface area contributed by atoms with Crippen molar-refractivity contribution >= 4 is 9.84 Å². The smallest absolute Gasteiger partial charge is 0.213 e. The van der Waals surface area contributed by atoms with Crippen LogP contribution in [0.4, 0.5) is 4.39 Å². The highest BCUT2D eigenvalue weighted by atomic mass is 32.2. The van der Waals surface area contributed by atoms with E-state index in [2.05, 4.69) is 4.98 Å². The number of aliphatic hydroxyl groups excluding tert-OH is 1. The van der Waals surface area contributed by atoms with Gasteiger partial charge in [-0.05, 0) is 78.1 Å². The van der Waals surface area contributed by atoms with Crippen molar-refractivity contribution in [2.45, 2.75) is 38.6 Å². The molecule has 1 aromatic heterocycles. The molecular formula is C28H30FNO6S. The van der Waals surface area contributed by atoms with E-state index in [0.717, 1.165) is 34.2 Å². The maximum absolute atomic E-state index is 14.6. The Morgan fingerprint density at radius 1 is 1.14 bits per heavy atom. The first-order chi connectivity index (χ1) is 17.6. The topological polar surface area (TPSA) is 106 Å². The number of hydrogen-bond acceptors (Lipinski definition) is 7. The summed E-state index contributed by atoms with van der Waals surface area (Å²) in [4.78, 5) is 4.33. The summed E-state index contributed by atoms with van der Waals surface area (Å²) < 4.78 is 48.6. The van der Waals surface area contributed by atoms with E-state index in [4.69, 9.17) is 9.47 Å². The lowest BCUT2D eigenvalue weighted by Gasteiger charge is -2.14. The fraction of sp³-hybridized carbons (Fsp3) is 0.393. The van der Waals surface area contributed by atoms with Gasteiger partial charge in [0.05, 0.1) is 12.4 Å². The Balaban J connectivity index is 1.23. The van der Waals surface area contributed by atoms with E-state index in [1.54, 1.807) is 24.4 Å². The highest BCUT2D eigenvalue weighted by Crippen LogP contribution is 2.62. The minimum Gasteiger partial charge on any atom is -0.489 e. The van der Waals surface area contributed by atoms with Crippen molar-refractivity contribution < 1.29 is 32.5 Å². The van der Waals surface area contributed by atoms with Gasteiger partial charge in [-0.15, -0.1) is 0 Å². The first kappa shape index (κ1) is 25.6. The second-order valence-electron chi connectivity index (χ2n) is 10.0. The van der Waals surface area contributed by atoms with Crippen LogP contribution in [0.2, 0.25) is 0 Å². The summed E-state index contributed by atoms with van der Waals surface area (Å²) in [6.07, 6.45) is 2.78. The van der Waals surface area contributed by atoms with Crippen LogP contribution in [-0.4, -0.2) is 48.5 Å². The zero-order valence-electron chi connectivity index (χ0n) is 20.7. The molecular weight excluding hydrogens is 497 g/mol. The molecule has 0 amide bonds. The average Bonchev–Trinajstić information content (AvgIpc) is 3.43. The molecule has 0 radical (unpaired) electrons. The standard InChI is InChI=1S/C28H30FNO6S/c1-16-10-25(35-8-3-9-37(2,33)34)30-14-23(16)17-4-7-24(29)19(11-17)15-36-20-5-6-21-18(12-20)13-22-26(21)27(22)28(31)32/h4-7,10-12,14,22,26-28,31-32H,3,8-9,13,15H2,1-2H3. The molecule has 2 aromatic carbocycles. The van der Waals surface area contributed by atoms with Crippen LogP contribution >= 0.6 is 0 Å². The van der Waals surface area contributed by atoms with E-state index < -0.39 is 16.1 Å². The Bertz CT molecular complexity index is 1420. The van der Waals surface area contributed by atoms with Gasteiger partial charge in [-0.1, -0.05) is 12.1 Å². The molecule has 3 unspecified atom stereocenters. The normalized spacial score (nSPS) is 20.0. The number of benzene rings is 2. The summed E-state index contributed by atoms with van der Waals surface area (Å²) in [5.74, 6) is 1.18. The van der Waals surface area contributed by atoms with Gasteiger partial charge in [0.15, 0.2) is 6.29 Å². The van der Waals surface area contributed by atoms with Crippen LogP contribution in [0.5, 0.6) is 11.6 Å². The highest BCUT2D eigenvalue weighted by molar-refractivity contribution is 7.90. The molecule has 1 fully saturated rings. The first-order valence-electron chi connectivity index (χ1n) is 12.3. The number of sulfone groups is 1. The lowest BCUT2D eigenvalue weighted by atomic mass is 10.0. The van der Waals surface area contributed by atoms with E-state index in [1.165, 1.54) is 12.3 Å². The Morgan fingerprint density at radius 3 is 2.68 bits per heavy atom. The summed E-state index contributed by atoms with van der Waals surface area (Å²) >= 11 is 0. The minimum atomic E-state index is -3.03. The van der Waals surface area contributed by atoms with Gasteiger partial charge in [-0.25, -0.2) is 17.8 Å². The number of aliphatic hydroxyl groups is 2. The van der Waals surface area contributed by atoms with Crippen LogP contribution in [-0.2, 0) is 22.9 Å². The van der Waals surface area contributed by atoms with Crippen LogP contribution in [0.15, 0.2) is 48.7 Å². The molecule has 2 aliphatic carbocycles. The molecule has 0 aliphatic heterocycles. The van der Waals surface area contributed by atoms with Crippen LogP contribution in [0, 0.1) is 24.6 Å². The zero-order valence-corrected chi connectivity index (χ0v) is 21.5. The third-order valence-electron chi connectivity index (χ3n) is 7.25. The van der Waals surface area contributed by atoms with Crippen molar-refractivity contribution in [2.24, 2.45) is 11.8 Å². The predicted octanol–water partition coefficient (Wildman–Crippen LogP) is 3.79. The van der Waals surface area contributed by atoms with Crippen molar-refractivity contribution in [2.75, 3.05) is 18.6 Å². The number of ether oxygens (including phenoxy) is 2. The molecule has 7 nitrogen and oxygen atoms in total. The molecule has 2 aliphatic rings. The lowest BCUT2D eigenvalue weighted by molar-refractivity contribution is -0.0617. The van der Waals surface area contributed by atoms with Crippen molar-refractivity contribution in [1.29, 1.82) is 0 Å². The maximum Gasteiger partial charge on any atom is 0.213 e. The molecule has 0 bridgehead atoms. The number of nitrogens with zero attached hydrogens (tertiary/aromatic N) is 1. The second kappa shape index (κ2) is 10.0. The molecule has 0 saturated heterocycles. The average molecular weight is 528 g/mol. The Morgan fingerprint density at radius 2 is 1.95 bits per heavy atom. The van der Waals surface area contributed by atoms with Gasteiger partial charge in [0.2, 0.25) is 5.88 Å². The third-order valence-corrected chi connectivity index (χ3v) is 8.28. The van der Waals surface area contributed by atoms with Crippen LogP contribution < -0.4 is 9.47 Å². The summed E-state index contributed by atoms with van der Waals surface area (Å²) in [5.41, 5.74) is 5.26. The second-order valence-corrected chi connectivity index (χ2v) is 12.3. The molecule has 1 saturated carbocycles. The third kappa shape index (κ3) is 5.63. The Labute approximate surface area is 215 Å². The first-order valence-corrected chi connectivity index (χ1v) is 14.3. The van der Waals surface area contributed by atoms with E-state index in [0.29, 0.717) is 23.6 Å². The zero-order chi connectivity index (χ0) is 26.3. The SMILES string of the molecule is Cc1cc(OCCCS(C)(=O)=O)ncc1-c1ccc(F)c(COc2ccc3c(c2)CC2C3C2C(O)O)c1. The van der Waals surface area contributed by atoms with Gasteiger partial charge in [0.1, 0.15) is 28.0 Å². The number of fused-ring (bicyclic) bond motifs is 3. The number of aryl methyl sites for hydroxylation is 1. The predicted molar refractivity (Wildman–Crippen MR) is 137 cm³/mol. The van der Waals surface area contributed by atoms with Gasteiger partial charge < -0.3 is 19.7 Å². The molecule has 37 heavy (non-hydrogen) atoms. The summed E-state index contributed by atoms with van der Waals surface area (Å²) in [7, 11) is -3.03. The number of aromatic nitrogens is 1. The lowest BCUT2D eigenvalue weighted by Crippen LogP contribution is -2.12. The summed E-state index contributed by atoms with van der Waals surface area (Å²) in [6.45, 7) is 2.23. The van der Waals surface area contributed by atoms with Gasteiger partial charge in [0, 0.05) is 35.6 Å². The molecule has 2 N–H and O–H groups in total. The highest BCUT2D eigenvalue weighted by Gasteiger charge is 2.58.